The fourth-order valence-electron chi connectivity index (χ4n) is 2.94. The third kappa shape index (κ3) is 2.90. The van der Waals surface area contributed by atoms with Crippen molar-refractivity contribution in [1.29, 1.82) is 0 Å². The molecule has 0 unspecified atom stereocenters. The minimum absolute atomic E-state index is 0.00749. The van der Waals surface area contributed by atoms with Crippen LogP contribution in [0.25, 0.3) is 21.9 Å². The van der Waals surface area contributed by atoms with Gasteiger partial charge in [0.15, 0.2) is 0 Å². The van der Waals surface area contributed by atoms with E-state index in [1.807, 2.05) is 37.3 Å². The molecule has 0 aliphatic carbocycles. The first-order valence-electron chi connectivity index (χ1n) is 7.96. The van der Waals surface area contributed by atoms with Crippen molar-refractivity contribution in [2.24, 2.45) is 0 Å². The van der Waals surface area contributed by atoms with Gasteiger partial charge in [0.25, 0.3) is 0 Å². The molecule has 26 heavy (non-hydrogen) atoms. The van der Waals surface area contributed by atoms with E-state index in [4.69, 9.17) is 4.42 Å². The zero-order valence-corrected chi connectivity index (χ0v) is 15.4. The molecule has 130 valence electrons. The minimum atomic E-state index is -0.464. The Balaban J connectivity index is 1.71. The molecule has 0 atom stereocenters. The highest BCUT2D eigenvalue weighted by atomic mass is 79.9. The number of nitrogens with zero attached hydrogens (tertiary/aromatic N) is 2. The largest absolute Gasteiger partial charge is 0.422 e. The molecule has 0 bridgehead atoms. The van der Waals surface area contributed by atoms with Gasteiger partial charge < -0.3 is 9.73 Å². The number of halogens is 1. The minimum Gasteiger partial charge on any atom is -0.422 e. The lowest BCUT2D eigenvalue weighted by Gasteiger charge is -2.10. The summed E-state index contributed by atoms with van der Waals surface area (Å²) < 4.78 is 7.78. The lowest BCUT2D eigenvalue weighted by atomic mass is 10.2. The molecule has 0 aliphatic rings. The summed E-state index contributed by atoms with van der Waals surface area (Å²) in [5.74, 6) is -0.224. The first-order chi connectivity index (χ1) is 12.5. The number of carbonyl (C=O) groups excluding carboxylic acids is 1. The molecule has 4 aromatic rings. The predicted octanol–water partition coefficient (Wildman–Crippen LogP) is 3.85. The van der Waals surface area contributed by atoms with Crippen molar-refractivity contribution in [3.8, 4) is 0 Å². The Morgan fingerprint density at radius 1 is 1.23 bits per heavy atom. The summed E-state index contributed by atoms with van der Waals surface area (Å²) in [6.45, 7) is 1.91. The van der Waals surface area contributed by atoms with Crippen LogP contribution in [-0.2, 0) is 11.3 Å². The first kappa shape index (κ1) is 16.5. The summed E-state index contributed by atoms with van der Waals surface area (Å²) in [6, 6.07) is 12.8. The molecular weight excluding hydrogens is 398 g/mol. The van der Waals surface area contributed by atoms with E-state index < -0.39 is 5.63 Å². The molecule has 6 nitrogen and oxygen atoms in total. The molecule has 7 heteroatoms. The molecule has 4 rings (SSSR count). The fraction of sp³-hybridized carbons (Fsp3) is 0.105. The number of amides is 1. The zero-order valence-electron chi connectivity index (χ0n) is 13.8. The van der Waals surface area contributed by atoms with E-state index in [9.17, 15) is 9.59 Å². The number of anilines is 1. The molecule has 2 aromatic carbocycles. The highest BCUT2D eigenvalue weighted by Gasteiger charge is 2.15. The van der Waals surface area contributed by atoms with Gasteiger partial charge in [-0.15, -0.1) is 0 Å². The Hall–Kier alpha value is -2.93. The maximum atomic E-state index is 12.5. The van der Waals surface area contributed by atoms with Gasteiger partial charge in [0.2, 0.25) is 5.91 Å². The summed E-state index contributed by atoms with van der Waals surface area (Å²) in [7, 11) is 0. The van der Waals surface area contributed by atoms with Crippen molar-refractivity contribution in [3.05, 3.63) is 69.1 Å². The van der Waals surface area contributed by atoms with E-state index in [1.165, 1.54) is 10.9 Å². The molecule has 0 spiro atoms. The third-order valence-electron chi connectivity index (χ3n) is 4.16. The van der Waals surface area contributed by atoms with Gasteiger partial charge in [-0.2, -0.15) is 5.10 Å². The van der Waals surface area contributed by atoms with E-state index in [2.05, 4.69) is 26.3 Å². The van der Waals surface area contributed by atoms with Gasteiger partial charge in [-0.05, 0) is 42.8 Å². The predicted molar refractivity (Wildman–Crippen MR) is 103 cm³/mol. The van der Waals surface area contributed by atoms with Crippen LogP contribution in [0.2, 0.25) is 0 Å². The Morgan fingerprint density at radius 3 is 2.85 bits per heavy atom. The van der Waals surface area contributed by atoms with Crippen molar-refractivity contribution in [3.63, 3.8) is 0 Å². The number of nitrogens with one attached hydrogen (secondary N) is 1. The summed E-state index contributed by atoms with van der Waals surface area (Å²) in [5, 5.41) is 8.19. The second kappa shape index (κ2) is 6.42. The SMILES string of the molecule is Cc1cc(Br)ccc1NC(=O)Cn1ncc2c(=O)oc3ccccc3c21. The number of benzene rings is 2. The van der Waals surface area contributed by atoms with Crippen LogP contribution in [0.5, 0.6) is 0 Å². The van der Waals surface area contributed by atoms with Crippen molar-refractivity contribution in [1.82, 2.24) is 9.78 Å². The van der Waals surface area contributed by atoms with Gasteiger partial charge in [-0.3, -0.25) is 9.48 Å². The van der Waals surface area contributed by atoms with Gasteiger partial charge in [0.1, 0.15) is 17.5 Å². The van der Waals surface area contributed by atoms with Gasteiger partial charge in [-0.25, -0.2) is 4.79 Å². The van der Waals surface area contributed by atoms with E-state index >= 15 is 0 Å². The van der Waals surface area contributed by atoms with Crippen LogP contribution in [-0.4, -0.2) is 15.7 Å². The maximum absolute atomic E-state index is 12.5. The van der Waals surface area contributed by atoms with E-state index in [0.717, 1.165) is 21.1 Å². The molecule has 0 radical (unpaired) electrons. The van der Waals surface area contributed by atoms with Crippen LogP contribution >= 0.6 is 15.9 Å². The van der Waals surface area contributed by atoms with Gasteiger partial charge >= 0.3 is 5.63 Å². The number of hydrogen-bond acceptors (Lipinski definition) is 4. The van der Waals surface area contributed by atoms with Crippen LogP contribution in [0.4, 0.5) is 5.69 Å². The molecule has 1 N–H and O–H groups in total. The Morgan fingerprint density at radius 2 is 2.04 bits per heavy atom. The van der Waals surface area contributed by atoms with Crippen molar-refractivity contribution in [2.75, 3.05) is 5.32 Å². The molecule has 2 aromatic heterocycles. The molecule has 0 fully saturated rings. The lowest BCUT2D eigenvalue weighted by Crippen LogP contribution is -2.20. The van der Waals surface area contributed by atoms with Crippen LogP contribution in [0.15, 0.2) is 62.3 Å². The molecule has 0 saturated heterocycles. The summed E-state index contributed by atoms with van der Waals surface area (Å²) in [6.07, 6.45) is 1.44. The topological polar surface area (TPSA) is 77.1 Å². The lowest BCUT2D eigenvalue weighted by molar-refractivity contribution is -0.116. The van der Waals surface area contributed by atoms with E-state index in [0.29, 0.717) is 16.5 Å². The third-order valence-corrected chi connectivity index (χ3v) is 4.65. The van der Waals surface area contributed by atoms with E-state index in [1.54, 1.807) is 12.1 Å². The summed E-state index contributed by atoms with van der Waals surface area (Å²) in [4.78, 5) is 24.6. The highest BCUT2D eigenvalue weighted by Crippen LogP contribution is 2.23. The number of aromatic nitrogens is 2. The molecular formula is C19H14BrN3O3. The van der Waals surface area contributed by atoms with Crippen molar-refractivity contribution in [2.45, 2.75) is 13.5 Å². The normalized spacial score (nSPS) is 11.2. The number of rotatable bonds is 3. The molecule has 0 saturated carbocycles. The Kier molecular flexibility index (Phi) is 4.08. The Bertz CT molecular complexity index is 1210. The average molecular weight is 412 g/mol. The number of aryl methyl sites for hydroxylation is 1. The number of fused-ring (bicyclic) bond motifs is 3. The summed E-state index contributed by atoms with van der Waals surface area (Å²) >= 11 is 3.40. The van der Waals surface area contributed by atoms with Gasteiger partial charge in [0, 0.05) is 15.5 Å². The molecule has 2 heterocycles. The van der Waals surface area contributed by atoms with Crippen LogP contribution < -0.4 is 10.9 Å². The smallest absolute Gasteiger partial charge is 0.347 e. The van der Waals surface area contributed by atoms with Crippen LogP contribution in [0.1, 0.15) is 5.56 Å². The van der Waals surface area contributed by atoms with E-state index in [-0.39, 0.29) is 12.5 Å². The second-order valence-electron chi connectivity index (χ2n) is 5.96. The fourth-order valence-corrected chi connectivity index (χ4v) is 3.41. The first-order valence-corrected chi connectivity index (χ1v) is 8.75. The molecule has 0 aliphatic heterocycles. The quantitative estimate of drug-likeness (QED) is 0.519. The molecule has 1 amide bonds. The second-order valence-corrected chi connectivity index (χ2v) is 6.87. The average Bonchev–Trinajstić information content (AvgIpc) is 3.02. The van der Waals surface area contributed by atoms with Gasteiger partial charge in [0.05, 0.1) is 11.7 Å². The highest BCUT2D eigenvalue weighted by molar-refractivity contribution is 9.10. The number of para-hydroxylation sites is 1. The number of hydrogen-bond donors (Lipinski definition) is 1. The summed E-state index contributed by atoms with van der Waals surface area (Å²) in [5.41, 5.74) is 2.28. The van der Waals surface area contributed by atoms with Crippen LogP contribution in [0, 0.1) is 6.92 Å². The zero-order chi connectivity index (χ0) is 18.3. The standard InChI is InChI=1S/C19H14BrN3O3/c1-11-8-12(20)6-7-15(11)22-17(24)10-23-18-13-4-2-3-5-16(13)26-19(25)14(18)9-21-23/h2-9H,10H2,1H3,(H,22,24). The number of carbonyl (C=O) groups is 1. The van der Waals surface area contributed by atoms with Gasteiger partial charge in [-0.1, -0.05) is 28.1 Å². The van der Waals surface area contributed by atoms with Crippen molar-refractivity contribution >= 4 is 49.4 Å². The van der Waals surface area contributed by atoms with Crippen molar-refractivity contribution < 1.29 is 9.21 Å². The maximum Gasteiger partial charge on any atom is 0.347 e. The monoisotopic (exact) mass is 411 g/mol. The van der Waals surface area contributed by atoms with Crippen LogP contribution in [0.3, 0.4) is 0 Å². The Labute approximate surface area is 156 Å².